The third-order valence-corrected chi connectivity index (χ3v) is 3.24. The van der Waals surface area contributed by atoms with Crippen molar-refractivity contribution < 1.29 is 4.79 Å². The van der Waals surface area contributed by atoms with E-state index >= 15 is 0 Å². The molecule has 1 aromatic heterocycles. The van der Waals surface area contributed by atoms with E-state index < -0.39 is 0 Å². The van der Waals surface area contributed by atoms with E-state index in [1.807, 2.05) is 50.2 Å². The quantitative estimate of drug-likeness (QED) is 0.838. The van der Waals surface area contributed by atoms with Crippen molar-refractivity contribution in [2.24, 2.45) is 0 Å². The summed E-state index contributed by atoms with van der Waals surface area (Å²) in [6, 6.07) is 11.5. The molecule has 0 aliphatic rings. The highest BCUT2D eigenvalue weighted by molar-refractivity contribution is 14.1. The number of nitrogens with zero attached hydrogens (tertiary/aromatic N) is 1. The van der Waals surface area contributed by atoms with Crippen molar-refractivity contribution in [1.82, 2.24) is 4.68 Å². The van der Waals surface area contributed by atoms with Crippen molar-refractivity contribution in [2.45, 2.75) is 13.8 Å². The monoisotopic (exact) mass is 340 g/mol. The van der Waals surface area contributed by atoms with Gasteiger partial charge < -0.3 is 0 Å². The Morgan fingerprint density at radius 1 is 1.18 bits per heavy atom. The smallest absolute Gasteiger partial charge is 0.267 e. The molecule has 1 amide bonds. The lowest BCUT2D eigenvalue weighted by molar-refractivity contribution is 0.101. The SMILES string of the molecule is Cc1ccc(C)n1NC(=O)c1cccc(I)c1. The Morgan fingerprint density at radius 2 is 1.82 bits per heavy atom. The Labute approximate surface area is 114 Å². The zero-order valence-corrected chi connectivity index (χ0v) is 11.9. The van der Waals surface area contributed by atoms with Gasteiger partial charge in [0.25, 0.3) is 5.91 Å². The standard InChI is InChI=1S/C13H13IN2O/c1-9-6-7-10(2)16(9)15-13(17)11-4-3-5-12(14)8-11/h3-8H,1-2H3,(H,15,17). The van der Waals surface area contributed by atoms with Gasteiger partial charge in [0.05, 0.1) is 0 Å². The number of hydrogen-bond acceptors (Lipinski definition) is 1. The van der Waals surface area contributed by atoms with E-state index in [0.717, 1.165) is 15.0 Å². The highest BCUT2D eigenvalue weighted by atomic mass is 127. The summed E-state index contributed by atoms with van der Waals surface area (Å²) in [5, 5.41) is 0. The maximum absolute atomic E-state index is 12.0. The largest absolute Gasteiger partial charge is 0.270 e. The second-order valence-electron chi connectivity index (χ2n) is 3.90. The van der Waals surface area contributed by atoms with E-state index in [2.05, 4.69) is 28.0 Å². The van der Waals surface area contributed by atoms with Crippen LogP contribution in [-0.4, -0.2) is 10.6 Å². The van der Waals surface area contributed by atoms with Gasteiger partial charge in [0.2, 0.25) is 0 Å². The maximum atomic E-state index is 12.0. The first-order chi connectivity index (χ1) is 8.08. The number of rotatable bonds is 2. The third kappa shape index (κ3) is 2.69. The van der Waals surface area contributed by atoms with Crippen LogP contribution in [0.15, 0.2) is 36.4 Å². The molecule has 88 valence electrons. The van der Waals surface area contributed by atoms with Gasteiger partial charge in [0.15, 0.2) is 0 Å². The van der Waals surface area contributed by atoms with Crippen molar-refractivity contribution in [3.05, 3.63) is 56.9 Å². The molecule has 1 heterocycles. The lowest BCUT2D eigenvalue weighted by atomic mass is 10.2. The van der Waals surface area contributed by atoms with Crippen molar-refractivity contribution in [2.75, 3.05) is 5.43 Å². The second kappa shape index (κ2) is 4.91. The van der Waals surface area contributed by atoms with E-state index in [9.17, 15) is 4.79 Å². The molecule has 0 aliphatic carbocycles. The third-order valence-electron chi connectivity index (χ3n) is 2.57. The van der Waals surface area contributed by atoms with Gasteiger partial charge in [-0.05, 0) is 66.8 Å². The van der Waals surface area contributed by atoms with Crippen LogP contribution >= 0.6 is 22.6 Å². The summed E-state index contributed by atoms with van der Waals surface area (Å²) in [6.07, 6.45) is 0. The summed E-state index contributed by atoms with van der Waals surface area (Å²) in [7, 11) is 0. The summed E-state index contributed by atoms with van der Waals surface area (Å²) in [5.41, 5.74) is 5.58. The first kappa shape index (κ1) is 12.2. The Kier molecular flexibility index (Phi) is 3.51. The molecule has 0 saturated carbocycles. The molecular weight excluding hydrogens is 327 g/mol. The number of carbonyl (C=O) groups is 1. The second-order valence-corrected chi connectivity index (χ2v) is 5.15. The van der Waals surface area contributed by atoms with Gasteiger partial charge >= 0.3 is 0 Å². The van der Waals surface area contributed by atoms with Gasteiger partial charge in [-0.25, -0.2) is 0 Å². The summed E-state index contributed by atoms with van der Waals surface area (Å²) in [6.45, 7) is 3.92. The number of benzene rings is 1. The van der Waals surface area contributed by atoms with Crippen molar-refractivity contribution in [3.63, 3.8) is 0 Å². The van der Waals surface area contributed by atoms with Crippen LogP contribution in [0.5, 0.6) is 0 Å². The molecule has 3 nitrogen and oxygen atoms in total. The molecule has 0 bridgehead atoms. The molecule has 1 aromatic carbocycles. The van der Waals surface area contributed by atoms with E-state index in [1.54, 1.807) is 4.68 Å². The molecule has 2 rings (SSSR count). The van der Waals surface area contributed by atoms with Gasteiger partial charge in [0, 0.05) is 20.5 Å². The molecule has 0 spiro atoms. The first-order valence-corrected chi connectivity index (χ1v) is 6.37. The lowest BCUT2D eigenvalue weighted by Gasteiger charge is -2.11. The molecule has 0 saturated heterocycles. The Balaban J connectivity index is 2.23. The minimum Gasteiger partial charge on any atom is -0.267 e. The summed E-state index contributed by atoms with van der Waals surface area (Å²) >= 11 is 2.20. The minimum atomic E-state index is -0.0917. The first-order valence-electron chi connectivity index (χ1n) is 5.30. The number of hydrogen-bond donors (Lipinski definition) is 1. The fourth-order valence-corrected chi connectivity index (χ4v) is 2.18. The minimum absolute atomic E-state index is 0.0917. The van der Waals surface area contributed by atoms with Gasteiger partial charge in [-0.2, -0.15) is 0 Å². The fourth-order valence-electron chi connectivity index (χ4n) is 1.64. The Bertz CT molecular complexity index is 541. The van der Waals surface area contributed by atoms with Crippen LogP contribution in [0.1, 0.15) is 21.7 Å². The number of carbonyl (C=O) groups excluding carboxylic acids is 1. The molecule has 4 heteroatoms. The molecule has 2 aromatic rings. The van der Waals surface area contributed by atoms with Crippen molar-refractivity contribution >= 4 is 28.5 Å². The number of halogens is 1. The average Bonchev–Trinajstić information content (AvgIpc) is 2.61. The van der Waals surface area contributed by atoms with Crippen LogP contribution in [0.25, 0.3) is 0 Å². The summed E-state index contributed by atoms with van der Waals surface area (Å²) in [4.78, 5) is 12.0. The molecule has 0 atom stereocenters. The summed E-state index contributed by atoms with van der Waals surface area (Å²) in [5.74, 6) is -0.0917. The van der Waals surface area contributed by atoms with Crippen LogP contribution < -0.4 is 5.43 Å². The van der Waals surface area contributed by atoms with E-state index in [4.69, 9.17) is 0 Å². The molecule has 0 unspecified atom stereocenters. The number of nitrogens with one attached hydrogen (secondary N) is 1. The van der Waals surface area contributed by atoms with Crippen LogP contribution in [0, 0.1) is 17.4 Å². The Morgan fingerprint density at radius 3 is 2.41 bits per heavy atom. The maximum Gasteiger partial charge on any atom is 0.270 e. The highest BCUT2D eigenvalue weighted by Crippen LogP contribution is 2.09. The van der Waals surface area contributed by atoms with Gasteiger partial charge in [0.1, 0.15) is 0 Å². The predicted octanol–water partition coefficient (Wildman–Crippen LogP) is 3.09. The predicted molar refractivity (Wildman–Crippen MR) is 76.8 cm³/mol. The summed E-state index contributed by atoms with van der Waals surface area (Å²) < 4.78 is 2.85. The molecule has 0 aliphatic heterocycles. The van der Waals surface area contributed by atoms with Gasteiger partial charge in [-0.1, -0.05) is 6.07 Å². The molecule has 1 N–H and O–H groups in total. The van der Waals surface area contributed by atoms with Crippen molar-refractivity contribution in [3.8, 4) is 0 Å². The zero-order chi connectivity index (χ0) is 12.4. The van der Waals surface area contributed by atoms with Crippen molar-refractivity contribution in [1.29, 1.82) is 0 Å². The van der Waals surface area contributed by atoms with Crippen LogP contribution in [0.4, 0.5) is 0 Å². The highest BCUT2D eigenvalue weighted by Gasteiger charge is 2.08. The Hall–Kier alpha value is -1.30. The lowest BCUT2D eigenvalue weighted by Crippen LogP contribution is -2.24. The van der Waals surface area contributed by atoms with Gasteiger partial charge in [-0.3, -0.25) is 14.9 Å². The number of amides is 1. The van der Waals surface area contributed by atoms with Crippen LogP contribution in [0.3, 0.4) is 0 Å². The number of aryl methyl sites for hydroxylation is 2. The topological polar surface area (TPSA) is 34.0 Å². The van der Waals surface area contributed by atoms with E-state index in [-0.39, 0.29) is 5.91 Å². The van der Waals surface area contributed by atoms with Crippen LogP contribution in [-0.2, 0) is 0 Å². The molecular formula is C13H13IN2O. The normalized spacial score (nSPS) is 10.3. The molecule has 17 heavy (non-hydrogen) atoms. The van der Waals surface area contributed by atoms with E-state index in [1.165, 1.54) is 0 Å². The average molecular weight is 340 g/mol. The van der Waals surface area contributed by atoms with E-state index in [0.29, 0.717) is 5.56 Å². The molecule has 0 fully saturated rings. The number of aromatic nitrogens is 1. The van der Waals surface area contributed by atoms with Gasteiger partial charge in [-0.15, -0.1) is 0 Å². The van der Waals surface area contributed by atoms with Crippen LogP contribution in [0.2, 0.25) is 0 Å². The molecule has 0 radical (unpaired) electrons. The fraction of sp³-hybridized carbons (Fsp3) is 0.154. The zero-order valence-electron chi connectivity index (χ0n) is 9.70.